The van der Waals surface area contributed by atoms with Gasteiger partial charge in [-0.3, -0.25) is 10.1 Å². The Balaban J connectivity index is 2.35. The van der Waals surface area contributed by atoms with Crippen molar-refractivity contribution in [3.63, 3.8) is 0 Å². The van der Waals surface area contributed by atoms with Crippen molar-refractivity contribution >= 4 is 35.0 Å². The molecule has 0 spiro atoms. The fraction of sp³-hybridized carbons (Fsp3) is 0.500. The number of hydrogen-bond donors (Lipinski definition) is 2. The van der Waals surface area contributed by atoms with Crippen molar-refractivity contribution in [2.24, 2.45) is 0 Å². The van der Waals surface area contributed by atoms with Crippen LogP contribution in [0.1, 0.15) is 6.92 Å². The zero-order chi connectivity index (χ0) is 14.5. The third-order valence-electron chi connectivity index (χ3n) is 1.67. The lowest BCUT2D eigenvalue weighted by atomic mass is 10.4. The molecule has 6 nitrogen and oxygen atoms in total. The van der Waals surface area contributed by atoms with Crippen LogP contribution < -0.4 is 10.6 Å². The van der Waals surface area contributed by atoms with E-state index in [0.29, 0.717) is 4.34 Å². The van der Waals surface area contributed by atoms with Gasteiger partial charge in [-0.2, -0.15) is 13.2 Å². The summed E-state index contributed by atoms with van der Waals surface area (Å²) in [6, 6.07) is -1.19. The molecule has 1 unspecified atom stereocenters. The van der Waals surface area contributed by atoms with Crippen LogP contribution in [0.4, 0.5) is 18.0 Å². The second kappa shape index (κ2) is 6.70. The normalized spacial score (nSPS) is 12.8. The molecule has 0 fully saturated rings. The van der Waals surface area contributed by atoms with Crippen LogP contribution >= 0.6 is 23.1 Å². The predicted molar refractivity (Wildman–Crippen MR) is 62.8 cm³/mol. The summed E-state index contributed by atoms with van der Waals surface area (Å²) in [6.45, 7) is 0.00246. The highest BCUT2D eigenvalue weighted by molar-refractivity contribution is 8.02. The molecule has 0 aliphatic rings. The van der Waals surface area contributed by atoms with E-state index in [1.807, 2.05) is 5.32 Å². The molecular weight excluding hydrogens is 305 g/mol. The third kappa shape index (κ3) is 6.38. The number of carbonyl (C=O) groups is 2. The van der Waals surface area contributed by atoms with Crippen molar-refractivity contribution in [3.8, 4) is 0 Å². The molecule has 1 aromatic rings. The van der Waals surface area contributed by atoms with Gasteiger partial charge in [0, 0.05) is 0 Å². The molecule has 2 N–H and O–H groups in total. The van der Waals surface area contributed by atoms with Gasteiger partial charge in [0.05, 0.1) is 5.25 Å². The summed E-state index contributed by atoms with van der Waals surface area (Å²) in [7, 11) is 0. The molecule has 0 aliphatic carbocycles. The quantitative estimate of drug-likeness (QED) is 0.821. The number of thioether (sulfide) groups is 1. The summed E-state index contributed by atoms with van der Waals surface area (Å²) in [4.78, 5) is 22.5. The molecule has 0 aromatic carbocycles. The molecule has 0 saturated heterocycles. The van der Waals surface area contributed by atoms with E-state index in [0.717, 1.165) is 11.8 Å². The number of rotatable bonds is 4. The number of amides is 3. The Morgan fingerprint density at radius 1 is 1.53 bits per heavy atom. The number of hydrogen-bond acceptors (Lipinski definition) is 6. The third-order valence-corrected chi connectivity index (χ3v) is 3.58. The zero-order valence-corrected chi connectivity index (χ0v) is 11.2. The first-order valence-corrected chi connectivity index (χ1v) is 6.62. The number of alkyl halides is 3. The maximum absolute atomic E-state index is 11.8. The predicted octanol–water partition coefficient (Wildman–Crippen LogP) is 1.41. The Kier molecular flexibility index (Phi) is 5.54. The van der Waals surface area contributed by atoms with E-state index in [4.69, 9.17) is 0 Å². The van der Waals surface area contributed by atoms with E-state index in [2.05, 4.69) is 10.2 Å². The van der Waals surface area contributed by atoms with Crippen molar-refractivity contribution in [2.45, 2.75) is 22.7 Å². The summed E-state index contributed by atoms with van der Waals surface area (Å²) < 4.78 is 36.0. The molecule has 0 saturated carbocycles. The number of carbonyl (C=O) groups excluding carboxylic acids is 2. The Morgan fingerprint density at radius 3 is 2.74 bits per heavy atom. The minimum Gasteiger partial charge on any atom is -0.329 e. The number of halogens is 3. The highest BCUT2D eigenvalue weighted by Crippen LogP contribution is 2.23. The second-order valence-electron chi connectivity index (χ2n) is 3.25. The van der Waals surface area contributed by atoms with Crippen molar-refractivity contribution < 1.29 is 22.8 Å². The lowest BCUT2D eigenvalue weighted by Gasteiger charge is -2.11. The fourth-order valence-corrected chi connectivity index (χ4v) is 2.48. The average molecular weight is 314 g/mol. The molecule has 106 valence electrons. The number of aromatic nitrogens is 2. The van der Waals surface area contributed by atoms with E-state index in [9.17, 15) is 22.8 Å². The molecular formula is C8H9F3N4O2S2. The fourth-order valence-electron chi connectivity index (χ4n) is 0.857. The Labute approximate surface area is 114 Å². The standard InChI is InChI=1S/C8H9F3N4O2S2/c1-4(19-7-15-13-3-18-7)5(16)14-6(17)12-2-8(9,10)11/h3-4H,2H2,1H3,(H2,12,14,16,17). The lowest BCUT2D eigenvalue weighted by Crippen LogP contribution is -2.45. The SMILES string of the molecule is CC(Sc1nncs1)C(=O)NC(=O)NCC(F)(F)F. The van der Waals surface area contributed by atoms with Gasteiger partial charge in [0.25, 0.3) is 0 Å². The van der Waals surface area contributed by atoms with Gasteiger partial charge in [0.15, 0.2) is 4.34 Å². The van der Waals surface area contributed by atoms with Crippen LogP contribution in [0.3, 0.4) is 0 Å². The highest BCUT2D eigenvalue weighted by Gasteiger charge is 2.28. The molecule has 19 heavy (non-hydrogen) atoms. The molecule has 0 bridgehead atoms. The summed E-state index contributed by atoms with van der Waals surface area (Å²) in [5, 5.41) is 9.92. The lowest BCUT2D eigenvalue weighted by molar-refractivity contribution is -0.124. The number of urea groups is 1. The van der Waals surface area contributed by atoms with E-state index < -0.39 is 29.9 Å². The molecule has 1 rings (SSSR count). The van der Waals surface area contributed by atoms with Gasteiger partial charge in [-0.05, 0) is 6.92 Å². The number of nitrogens with one attached hydrogen (secondary N) is 2. The Morgan fingerprint density at radius 2 is 2.21 bits per heavy atom. The highest BCUT2D eigenvalue weighted by atomic mass is 32.2. The first-order valence-electron chi connectivity index (χ1n) is 4.86. The van der Waals surface area contributed by atoms with Gasteiger partial charge in [-0.1, -0.05) is 23.1 Å². The summed E-state index contributed by atoms with van der Waals surface area (Å²) in [5.74, 6) is -0.708. The smallest absolute Gasteiger partial charge is 0.329 e. The molecule has 3 amide bonds. The molecule has 1 atom stereocenters. The summed E-state index contributed by atoms with van der Waals surface area (Å²) in [5.41, 5.74) is 1.48. The minimum atomic E-state index is -4.52. The monoisotopic (exact) mass is 314 g/mol. The van der Waals surface area contributed by atoms with E-state index in [-0.39, 0.29) is 0 Å². The summed E-state index contributed by atoms with van der Waals surface area (Å²) >= 11 is 2.27. The maximum atomic E-state index is 11.8. The van der Waals surface area contributed by atoms with Gasteiger partial charge >= 0.3 is 12.2 Å². The van der Waals surface area contributed by atoms with Crippen molar-refractivity contribution in [3.05, 3.63) is 5.51 Å². The van der Waals surface area contributed by atoms with Gasteiger partial charge in [-0.25, -0.2) is 4.79 Å². The first-order chi connectivity index (χ1) is 8.78. The van der Waals surface area contributed by atoms with Crippen LogP contribution in [0.2, 0.25) is 0 Å². The van der Waals surface area contributed by atoms with Crippen LogP contribution in [0.5, 0.6) is 0 Å². The van der Waals surface area contributed by atoms with E-state index in [1.165, 1.54) is 29.1 Å². The minimum absolute atomic E-state index is 0.526. The topological polar surface area (TPSA) is 84.0 Å². The van der Waals surface area contributed by atoms with Crippen molar-refractivity contribution in [2.75, 3.05) is 6.54 Å². The van der Waals surface area contributed by atoms with Gasteiger partial charge < -0.3 is 5.32 Å². The first kappa shape index (κ1) is 15.7. The molecule has 0 radical (unpaired) electrons. The Hall–Kier alpha value is -1.36. The maximum Gasteiger partial charge on any atom is 0.405 e. The molecule has 1 heterocycles. The zero-order valence-electron chi connectivity index (χ0n) is 9.52. The van der Waals surface area contributed by atoms with Crippen LogP contribution in [-0.2, 0) is 4.79 Å². The van der Waals surface area contributed by atoms with Crippen LogP contribution in [0.25, 0.3) is 0 Å². The van der Waals surface area contributed by atoms with Crippen molar-refractivity contribution in [1.82, 2.24) is 20.8 Å². The largest absolute Gasteiger partial charge is 0.405 e. The van der Waals surface area contributed by atoms with Gasteiger partial charge in [-0.15, -0.1) is 10.2 Å². The molecule has 11 heteroatoms. The average Bonchev–Trinajstić information content (AvgIpc) is 2.78. The Bertz CT molecular complexity index is 438. The molecule has 0 aliphatic heterocycles. The van der Waals surface area contributed by atoms with Crippen LogP contribution in [0, 0.1) is 0 Å². The second-order valence-corrected chi connectivity index (χ2v) is 5.67. The van der Waals surface area contributed by atoms with E-state index in [1.54, 1.807) is 0 Å². The van der Waals surface area contributed by atoms with Gasteiger partial charge in [0.1, 0.15) is 12.1 Å². The van der Waals surface area contributed by atoms with Gasteiger partial charge in [0.2, 0.25) is 5.91 Å². The van der Waals surface area contributed by atoms with E-state index >= 15 is 0 Å². The summed E-state index contributed by atoms with van der Waals surface area (Å²) in [6.07, 6.45) is -4.52. The molecule has 1 aromatic heterocycles. The number of nitrogens with zero attached hydrogens (tertiary/aromatic N) is 2. The van der Waals surface area contributed by atoms with Crippen LogP contribution in [-0.4, -0.2) is 40.1 Å². The van der Waals surface area contributed by atoms with Crippen molar-refractivity contribution in [1.29, 1.82) is 0 Å². The van der Waals surface area contributed by atoms with Crippen LogP contribution in [0.15, 0.2) is 9.85 Å². The number of imide groups is 1.